The molecule has 1 N–H and O–H groups in total. The Morgan fingerprint density at radius 3 is 2.15 bits per heavy atom. The minimum absolute atomic E-state index is 0.0257. The van der Waals surface area contributed by atoms with Crippen LogP contribution in [-0.4, -0.2) is 43.8 Å². The Bertz CT molecular complexity index is 1770. The second kappa shape index (κ2) is 15.6. The van der Waals surface area contributed by atoms with Gasteiger partial charge >= 0.3 is 0 Å². The van der Waals surface area contributed by atoms with Crippen molar-refractivity contribution in [2.45, 2.75) is 64.1 Å². The highest BCUT2D eigenvalue weighted by Gasteiger charge is 2.35. The fraction of sp³-hybridized carbons (Fsp3) is 0.278. The van der Waals surface area contributed by atoms with Crippen molar-refractivity contribution in [3.8, 4) is 0 Å². The lowest BCUT2D eigenvalue weighted by molar-refractivity contribution is -0.140. The van der Waals surface area contributed by atoms with Crippen LogP contribution in [0.25, 0.3) is 0 Å². The number of carbonyl (C=O) groups excluding carboxylic acids is 2. The summed E-state index contributed by atoms with van der Waals surface area (Å²) in [6, 6.07) is 26.7. The number of anilines is 1. The van der Waals surface area contributed by atoms with E-state index < -0.39 is 28.5 Å². The molecule has 0 spiro atoms. The van der Waals surface area contributed by atoms with Crippen LogP contribution in [0, 0.1) is 13.8 Å². The Labute approximate surface area is 282 Å². The molecule has 0 saturated carbocycles. The van der Waals surface area contributed by atoms with Crippen molar-refractivity contribution in [3.63, 3.8) is 0 Å². The summed E-state index contributed by atoms with van der Waals surface area (Å²) in [4.78, 5) is 30.0. The zero-order valence-electron chi connectivity index (χ0n) is 26.4. The lowest BCUT2D eigenvalue weighted by atomic mass is 10.0. The summed E-state index contributed by atoms with van der Waals surface area (Å²) in [7, 11) is -4.23. The molecule has 10 heteroatoms. The molecule has 46 heavy (non-hydrogen) atoms. The van der Waals surface area contributed by atoms with Gasteiger partial charge in [-0.3, -0.25) is 13.9 Å². The first-order valence-corrected chi connectivity index (χ1v) is 17.3. The lowest BCUT2D eigenvalue weighted by Crippen LogP contribution is -2.54. The molecule has 0 aliphatic carbocycles. The van der Waals surface area contributed by atoms with Crippen molar-refractivity contribution in [2.75, 3.05) is 10.8 Å². The van der Waals surface area contributed by atoms with Crippen molar-refractivity contribution >= 4 is 50.7 Å². The third-order valence-corrected chi connectivity index (χ3v) is 10.3. The Morgan fingerprint density at radius 2 is 1.52 bits per heavy atom. The first-order valence-electron chi connectivity index (χ1n) is 15.1. The van der Waals surface area contributed by atoms with E-state index in [2.05, 4.69) is 5.32 Å². The molecule has 0 bridgehead atoms. The second-order valence-corrected chi connectivity index (χ2v) is 14.1. The molecule has 2 atom stereocenters. The van der Waals surface area contributed by atoms with Gasteiger partial charge in [-0.05, 0) is 80.3 Å². The smallest absolute Gasteiger partial charge is 0.264 e. The normalized spacial score (nSPS) is 12.7. The Balaban J connectivity index is 1.83. The molecule has 0 unspecified atom stereocenters. The van der Waals surface area contributed by atoms with Crippen molar-refractivity contribution in [1.82, 2.24) is 10.2 Å². The molecule has 0 aliphatic rings. The van der Waals surface area contributed by atoms with Gasteiger partial charge in [0.05, 0.1) is 10.6 Å². The van der Waals surface area contributed by atoms with Gasteiger partial charge in [0.1, 0.15) is 12.6 Å². The Morgan fingerprint density at radius 1 is 0.848 bits per heavy atom. The molecule has 7 nitrogen and oxygen atoms in total. The second-order valence-electron chi connectivity index (χ2n) is 11.4. The summed E-state index contributed by atoms with van der Waals surface area (Å²) in [5, 5.41) is 3.87. The molecular weight excluding hydrogens is 641 g/mol. The van der Waals surface area contributed by atoms with Crippen molar-refractivity contribution in [1.29, 1.82) is 0 Å². The minimum Gasteiger partial charge on any atom is -0.352 e. The SMILES string of the molecule is CC[C@H](C)NC(=O)[C@@H](Cc1ccccc1)N(Cc1cccc(Cl)c1)C(=O)CN(c1ccc(C)c(Cl)c1)S(=O)(=O)c1ccc(C)cc1. The highest BCUT2D eigenvalue weighted by Crippen LogP contribution is 2.29. The topological polar surface area (TPSA) is 86.8 Å². The number of hydrogen-bond acceptors (Lipinski definition) is 4. The number of carbonyl (C=O) groups is 2. The number of rotatable bonds is 13. The summed E-state index contributed by atoms with van der Waals surface area (Å²) in [5.74, 6) is -0.896. The molecule has 0 saturated heterocycles. The minimum atomic E-state index is -4.23. The zero-order valence-corrected chi connectivity index (χ0v) is 28.7. The quantitative estimate of drug-likeness (QED) is 0.160. The number of sulfonamides is 1. The fourth-order valence-corrected chi connectivity index (χ4v) is 6.72. The van der Waals surface area contributed by atoms with Gasteiger partial charge in [-0.1, -0.05) is 96.4 Å². The number of hydrogen-bond donors (Lipinski definition) is 1. The van der Waals surface area contributed by atoms with E-state index in [0.29, 0.717) is 22.0 Å². The standard InChI is InChI=1S/C36H39Cl2N3O4S/c1-5-27(4)39-36(43)34(21-28-10-7-6-8-11-28)40(23-29-12-9-13-30(37)20-29)35(42)24-41(31-17-16-26(3)33(38)22-31)46(44,45)32-18-14-25(2)15-19-32/h6-20,22,27,34H,5,21,23-24H2,1-4H3,(H,39,43)/t27-,34+/m0/s1. The van der Waals surface area contributed by atoms with Crippen LogP contribution >= 0.6 is 23.2 Å². The van der Waals surface area contributed by atoms with Crippen LogP contribution in [0.5, 0.6) is 0 Å². The van der Waals surface area contributed by atoms with Crippen molar-refractivity contribution in [3.05, 3.63) is 129 Å². The largest absolute Gasteiger partial charge is 0.352 e. The number of benzene rings is 4. The molecule has 0 aromatic heterocycles. The molecule has 0 heterocycles. The number of nitrogens with zero attached hydrogens (tertiary/aromatic N) is 2. The van der Waals surface area contributed by atoms with Gasteiger partial charge in [-0.25, -0.2) is 8.42 Å². The van der Waals surface area contributed by atoms with Crippen molar-refractivity contribution in [2.24, 2.45) is 0 Å². The van der Waals surface area contributed by atoms with Gasteiger partial charge in [0.15, 0.2) is 0 Å². The number of amides is 2. The van der Waals surface area contributed by atoms with E-state index in [0.717, 1.165) is 21.0 Å². The molecule has 0 aliphatic heterocycles. The maximum atomic E-state index is 14.6. The van der Waals surface area contributed by atoms with Gasteiger partial charge in [0.25, 0.3) is 10.0 Å². The van der Waals surface area contributed by atoms with E-state index in [4.69, 9.17) is 23.2 Å². The number of aryl methyl sites for hydroxylation is 2. The van der Waals surface area contributed by atoms with Gasteiger partial charge in [0.2, 0.25) is 11.8 Å². The maximum absolute atomic E-state index is 14.6. The first-order chi connectivity index (χ1) is 21.9. The summed E-state index contributed by atoms with van der Waals surface area (Å²) in [5.41, 5.74) is 3.43. The summed E-state index contributed by atoms with van der Waals surface area (Å²) >= 11 is 12.8. The average molecular weight is 681 g/mol. The molecule has 242 valence electrons. The predicted molar refractivity (Wildman–Crippen MR) is 186 cm³/mol. The average Bonchev–Trinajstić information content (AvgIpc) is 3.03. The van der Waals surface area contributed by atoms with E-state index >= 15 is 0 Å². The number of nitrogens with one attached hydrogen (secondary N) is 1. The highest BCUT2D eigenvalue weighted by atomic mass is 35.5. The van der Waals surface area contributed by atoms with E-state index in [1.54, 1.807) is 42.5 Å². The fourth-order valence-electron chi connectivity index (χ4n) is 4.93. The summed E-state index contributed by atoms with van der Waals surface area (Å²) in [6.45, 7) is 7.00. The Hall–Kier alpha value is -3.85. The van der Waals surface area contributed by atoms with Crippen LogP contribution in [-0.2, 0) is 32.6 Å². The predicted octanol–water partition coefficient (Wildman–Crippen LogP) is 7.36. The van der Waals surface area contributed by atoms with Crippen LogP contribution < -0.4 is 9.62 Å². The molecule has 4 aromatic carbocycles. The molecular formula is C36H39Cl2N3O4S. The molecule has 4 rings (SSSR count). The lowest BCUT2D eigenvalue weighted by Gasteiger charge is -2.34. The van der Waals surface area contributed by atoms with Gasteiger partial charge in [0, 0.05) is 29.1 Å². The van der Waals surface area contributed by atoms with E-state index in [1.165, 1.54) is 23.1 Å². The first kappa shape index (κ1) is 35.0. The molecule has 0 fully saturated rings. The highest BCUT2D eigenvalue weighted by molar-refractivity contribution is 7.92. The van der Waals surface area contributed by atoms with Crippen LogP contribution in [0.1, 0.15) is 42.5 Å². The van der Waals surface area contributed by atoms with E-state index in [1.807, 2.05) is 64.1 Å². The van der Waals surface area contributed by atoms with E-state index in [9.17, 15) is 18.0 Å². The van der Waals surface area contributed by atoms with Crippen LogP contribution in [0.4, 0.5) is 5.69 Å². The molecule has 4 aromatic rings. The Kier molecular flexibility index (Phi) is 11.9. The van der Waals surface area contributed by atoms with Gasteiger partial charge in [-0.2, -0.15) is 0 Å². The monoisotopic (exact) mass is 679 g/mol. The van der Waals surface area contributed by atoms with Crippen molar-refractivity contribution < 1.29 is 18.0 Å². The van der Waals surface area contributed by atoms with Gasteiger partial charge in [-0.15, -0.1) is 0 Å². The zero-order chi connectivity index (χ0) is 33.4. The number of halogens is 2. The van der Waals surface area contributed by atoms with E-state index in [-0.39, 0.29) is 35.5 Å². The van der Waals surface area contributed by atoms with Crippen LogP contribution in [0.3, 0.4) is 0 Å². The summed E-state index contributed by atoms with van der Waals surface area (Å²) in [6.07, 6.45) is 0.916. The van der Waals surface area contributed by atoms with Crippen LogP contribution in [0.15, 0.2) is 102 Å². The third-order valence-electron chi connectivity index (χ3n) is 7.85. The van der Waals surface area contributed by atoms with Gasteiger partial charge < -0.3 is 10.2 Å². The van der Waals surface area contributed by atoms with Crippen LogP contribution in [0.2, 0.25) is 10.0 Å². The third kappa shape index (κ3) is 8.90. The maximum Gasteiger partial charge on any atom is 0.264 e. The summed E-state index contributed by atoms with van der Waals surface area (Å²) < 4.78 is 29.4. The molecule has 2 amide bonds. The molecule has 0 radical (unpaired) electrons.